The molecule has 1 aromatic carbocycles. The van der Waals surface area contributed by atoms with Crippen molar-refractivity contribution in [1.82, 2.24) is 24.1 Å². The normalized spacial score (nSPS) is 19.9. The van der Waals surface area contributed by atoms with Crippen molar-refractivity contribution in [3.05, 3.63) is 57.5 Å². The number of aryl methyl sites for hydroxylation is 1. The molecule has 182 valence electrons. The van der Waals surface area contributed by atoms with Crippen LogP contribution in [0.5, 0.6) is 0 Å². The van der Waals surface area contributed by atoms with Crippen LogP contribution in [0.4, 0.5) is 5.82 Å². The van der Waals surface area contributed by atoms with Gasteiger partial charge in [-0.3, -0.25) is 14.3 Å². The molecule has 0 unspecified atom stereocenters. The first-order valence-electron chi connectivity index (χ1n) is 12.3. The lowest BCUT2D eigenvalue weighted by Gasteiger charge is -2.49. The molecule has 4 heterocycles. The van der Waals surface area contributed by atoms with Gasteiger partial charge in [-0.05, 0) is 37.5 Å². The molecule has 35 heavy (non-hydrogen) atoms. The standard InChI is InChI=1S/C26H31N7OS/c1-5-20-15-32(25-13-26(34)30(4)24-12-19(9-10-27)29-33(24)25)21(6-2)14-31(20)17(3)18-7-8-23-22(11-18)28-16-35-23/h7-8,11-13,16-17,20-21H,5-6,9,14-15H2,1-4H3/t17-,20+,21-/m0/s1. The number of hydrogen-bond acceptors (Lipinski definition) is 7. The average Bonchev–Trinajstić information content (AvgIpc) is 3.52. The third kappa shape index (κ3) is 4.11. The SMILES string of the molecule is CC[C@H]1CN([C@@H](C)c2ccc3scnc3c2)[C@H](CC)CN1c1cc(=O)n(C)c2cc(CC#N)nn12. The van der Waals surface area contributed by atoms with Crippen molar-refractivity contribution in [3.8, 4) is 6.07 Å². The number of hydrogen-bond donors (Lipinski definition) is 0. The molecule has 0 radical (unpaired) electrons. The molecule has 4 aromatic rings. The Morgan fingerprint density at radius 3 is 2.71 bits per heavy atom. The van der Waals surface area contributed by atoms with E-state index in [1.54, 1.807) is 29.0 Å². The highest BCUT2D eigenvalue weighted by atomic mass is 32.1. The molecule has 1 fully saturated rings. The Balaban J connectivity index is 1.51. The molecule has 3 atom stereocenters. The lowest BCUT2D eigenvalue weighted by Crippen LogP contribution is -2.59. The van der Waals surface area contributed by atoms with Gasteiger partial charge in [0, 0.05) is 50.4 Å². The number of thiazole rings is 1. The molecule has 1 aliphatic rings. The fourth-order valence-electron chi connectivity index (χ4n) is 5.35. The number of nitriles is 1. The van der Waals surface area contributed by atoms with Crippen molar-refractivity contribution in [2.75, 3.05) is 18.0 Å². The first-order valence-corrected chi connectivity index (χ1v) is 13.1. The van der Waals surface area contributed by atoms with Crippen molar-refractivity contribution >= 4 is 33.0 Å². The summed E-state index contributed by atoms with van der Waals surface area (Å²) in [5.74, 6) is 0.814. The molecule has 3 aromatic heterocycles. The van der Waals surface area contributed by atoms with E-state index < -0.39 is 0 Å². The lowest BCUT2D eigenvalue weighted by atomic mass is 9.97. The number of anilines is 1. The van der Waals surface area contributed by atoms with Gasteiger partial charge in [0.1, 0.15) is 11.5 Å². The van der Waals surface area contributed by atoms with Crippen LogP contribution in [0.2, 0.25) is 0 Å². The lowest BCUT2D eigenvalue weighted by molar-refractivity contribution is 0.100. The number of fused-ring (bicyclic) bond motifs is 2. The zero-order valence-electron chi connectivity index (χ0n) is 20.7. The quantitative estimate of drug-likeness (QED) is 0.405. The Morgan fingerprint density at radius 1 is 1.17 bits per heavy atom. The Hall–Kier alpha value is -3.22. The highest BCUT2D eigenvalue weighted by Crippen LogP contribution is 2.33. The summed E-state index contributed by atoms with van der Waals surface area (Å²) in [7, 11) is 1.75. The summed E-state index contributed by atoms with van der Waals surface area (Å²) in [6.07, 6.45) is 2.18. The summed E-state index contributed by atoms with van der Waals surface area (Å²) in [5.41, 5.74) is 5.59. The van der Waals surface area contributed by atoms with E-state index in [0.717, 1.165) is 37.3 Å². The van der Waals surface area contributed by atoms with Crippen molar-refractivity contribution in [2.45, 2.75) is 58.2 Å². The van der Waals surface area contributed by atoms with Crippen LogP contribution in [0, 0.1) is 11.3 Å². The molecule has 0 aliphatic carbocycles. The summed E-state index contributed by atoms with van der Waals surface area (Å²) in [6, 6.07) is 13.2. The van der Waals surface area contributed by atoms with Crippen LogP contribution >= 0.6 is 11.3 Å². The predicted molar refractivity (Wildman–Crippen MR) is 140 cm³/mol. The van der Waals surface area contributed by atoms with Crippen molar-refractivity contribution < 1.29 is 0 Å². The molecule has 0 N–H and O–H groups in total. The maximum absolute atomic E-state index is 12.9. The second-order valence-electron chi connectivity index (χ2n) is 9.37. The van der Waals surface area contributed by atoms with E-state index in [4.69, 9.17) is 10.4 Å². The van der Waals surface area contributed by atoms with Crippen molar-refractivity contribution in [2.24, 2.45) is 7.05 Å². The molecule has 0 spiro atoms. The summed E-state index contributed by atoms with van der Waals surface area (Å²) in [4.78, 5) is 22.4. The second kappa shape index (κ2) is 9.44. The molecule has 0 saturated carbocycles. The van der Waals surface area contributed by atoms with Crippen LogP contribution in [0.1, 0.15) is 50.9 Å². The van der Waals surface area contributed by atoms with Gasteiger partial charge in [-0.2, -0.15) is 10.4 Å². The van der Waals surface area contributed by atoms with Gasteiger partial charge in [0.25, 0.3) is 5.56 Å². The van der Waals surface area contributed by atoms with Crippen LogP contribution in [-0.4, -0.2) is 49.2 Å². The average molecular weight is 490 g/mol. The van der Waals surface area contributed by atoms with Crippen molar-refractivity contribution in [3.63, 3.8) is 0 Å². The van der Waals surface area contributed by atoms with Gasteiger partial charge in [-0.25, -0.2) is 9.50 Å². The smallest absolute Gasteiger partial charge is 0.255 e. The zero-order chi connectivity index (χ0) is 24.7. The number of benzene rings is 1. The molecule has 9 heteroatoms. The fourth-order valence-corrected chi connectivity index (χ4v) is 6.00. The van der Waals surface area contributed by atoms with E-state index in [1.807, 2.05) is 16.1 Å². The molecule has 8 nitrogen and oxygen atoms in total. The third-order valence-corrected chi connectivity index (χ3v) is 8.27. The van der Waals surface area contributed by atoms with E-state index in [2.05, 4.69) is 59.8 Å². The Morgan fingerprint density at radius 2 is 1.97 bits per heavy atom. The van der Waals surface area contributed by atoms with E-state index >= 15 is 0 Å². The minimum absolute atomic E-state index is 0.0637. The number of nitrogens with zero attached hydrogens (tertiary/aromatic N) is 7. The highest BCUT2D eigenvalue weighted by Gasteiger charge is 2.36. The molecule has 1 saturated heterocycles. The molecular formula is C26H31N7OS. The molecule has 1 aliphatic heterocycles. The molecular weight excluding hydrogens is 458 g/mol. The Bertz CT molecular complexity index is 1460. The first kappa shape index (κ1) is 23.5. The zero-order valence-corrected chi connectivity index (χ0v) is 21.5. The summed E-state index contributed by atoms with van der Waals surface area (Å²) in [6.45, 7) is 8.44. The summed E-state index contributed by atoms with van der Waals surface area (Å²) < 4.78 is 4.66. The Kier molecular flexibility index (Phi) is 6.34. The van der Waals surface area contributed by atoms with Gasteiger partial charge in [0.15, 0.2) is 0 Å². The Labute approximate surface area is 209 Å². The van der Waals surface area contributed by atoms with Gasteiger partial charge in [-0.1, -0.05) is 19.9 Å². The minimum atomic E-state index is -0.0637. The minimum Gasteiger partial charge on any atom is -0.351 e. The maximum atomic E-state index is 12.9. The van der Waals surface area contributed by atoms with Gasteiger partial charge >= 0.3 is 0 Å². The topological polar surface area (TPSA) is 82.5 Å². The van der Waals surface area contributed by atoms with Gasteiger partial charge in [-0.15, -0.1) is 11.3 Å². The van der Waals surface area contributed by atoms with E-state index in [1.165, 1.54) is 10.3 Å². The number of rotatable bonds is 6. The van der Waals surface area contributed by atoms with Gasteiger partial charge < -0.3 is 4.90 Å². The largest absolute Gasteiger partial charge is 0.351 e. The third-order valence-electron chi connectivity index (χ3n) is 7.46. The van der Waals surface area contributed by atoms with E-state index in [0.29, 0.717) is 17.4 Å². The highest BCUT2D eigenvalue weighted by molar-refractivity contribution is 7.16. The second-order valence-corrected chi connectivity index (χ2v) is 10.3. The summed E-state index contributed by atoms with van der Waals surface area (Å²) in [5, 5.41) is 13.9. The molecule has 5 rings (SSSR count). The van der Waals surface area contributed by atoms with Crippen LogP contribution in [-0.2, 0) is 13.5 Å². The fraction of sp³-hybridized carbons (Fsp3) is 0.462. The van der Waals surface area contributed by atoms with Crippen molar-refractivity contribution in [1.29, 1.82) is 5.26 Å². The number of aromatic nitrogens is 4. The maximum Gasteiger partial charge on any atom is 0.255 e. The van der Waals surface area contributed by atoms with E-state index in [-0.39, 0.29) is 24.1 Å². The van der Waals surface area contributed by atoms with Gasteiger partial charge in [0.05, 0.1) is 33.9 Å². The molecule has 0 bridgehead atoms. The van der Waals surface area contributed by atoms with Crippen LogP contribution < -0.4 is 10.5 Å². The number of piperazine rings is 1. The van der Waals surface area contributed by atoms with Crippen LogP contribution in [0.25, 0.3) is 15.9 Å². The van der Waals surface area contributed by atoms with E-state index in [9.17, 15) is 4.79 Å². The monoisotopic (exact) mass is 489 g/mol. The predicted octanol–water partition coefficient (Wildman–Crippen LogP) is 4.15. The van der Waals surface area contributed by atoms with Crippen LogP contribution in [0.3, 0.4) is 0 Å². The summed E-state index contributed by atoms with van der Waals surface area (Å²) >= 11 is 1.67. The van der Waals surface area contributed by atoms with Gasteiger partial charge in [0.2, 0.25) is 0 Å². The molecule has 0 amide bonds. The van der Waals surface area contributed by atoms with Crippen LogP contribution in [0.15, 0.2) is 40.6 Å². The first-order chi connectivity index (χ1) is 16.9.